The molecule has 0 spiro atoms. The van der Waals surface area contributed by atoms with Gasteiger partial charge in [0, 0.05) is 25.5 Å². The molecule has 0 aromatic carbocycles. The summed E-state index contributed by atoms with van der Waals surface area (Å²) in [5, 5.41) is 6.88. The number of aromatic nitrogens is 3. The molecule has 9 heteroatoms. The van der Waals surface area contributed by atoms with E-state index in [9.17, 15) is 13.2 Å². The second-order valence-corrected chi connectivity index (χ2v) is 4.32. The Balaban J connectivity index is 1.95. The third-order valence-corrected chi connectivity index (χ3v) is 2.73. The third-order valence-electron chi connectivity index (χ3n) is 2.73. The lowest BCUT2D eigenvalue weighted by Gasteiger charge is -2.12. The summed E-state index contributed by atoms with van der Waals surface area (Å²) in [6.45, 7) is 1.14. The van der Waals surface area contributed by atoms with Crippen LogP contribution in [0.5, 0.6) is 0 Å². The number of nitrogen functional groups attached to an aromatic ring is 1. The lowest BCUT2D eigenvalue weighted by molar-refractivity contribution is -0.137. The van der Waals surface area contributed by atoms with Gasteiger partial charge in [0.15, 0.2) is 0 Å². The van der Waals surface area contributed by atoms with Gasteiger partial charge in [0.25, 0.3) is 0 Å². The SMILES string of the molecule is NNc1cc(C(F)(F)F)cc(NCCCn2cccn2)n1. The number of hydrogen-bond acceptors (Lipinski definition) is 5. The van der Waals surface area contributed by atoms with Crippen molar-refractivity contribution in [3.8, 4) is 0 Å². The molecule has 0 amide bonds. The first kappa shape index (κ1) is 15.1. The molecule has 114 valence electrons. The largest absolute Gasteiger partial charge is 0.416 e. The van der Waals surface area contributed by atoms with Crippen LogP contribution in [0.2, 0.25) is 0 Å². The molecule has 0 unspecified atom stereocenters. The van der Waals surface area contributed by atoms with Gasteiger partial charge in [-0.25, -0.2) is 10.8 Å². The fraction of sp³-hybridized carbons (Fsp3) is 0.333. The number of hydrazine groups is 1. The zero-order chi connectivity index (χ0) is 15.3. The van der Waals surface area contributed by atoms with Crippen molar-refractivity contribution in [2.75, 3.05) is 17.3 Å². The number of pyridine rings is 1. The topological polar surface area (TPSA) is 80.8 Å². The van der Waals surface area contributed by atoms with E-state index in [1.54, 1.807) is 16.9 Å². The molecule has 2 rings (SSSR count). The first-order valence-corrected chi connectivity index (χ1v) is 6.26. The van der Waals surface area contributed by atoms with E-state index in [1.165, 1.54) is 0 Å². The summed E-state index contributed by atoms with van der Waals surface area (Å²) in [5.74, 6) is 5.21. The molecule has 0 aliphatic carbocycles. The van der Waals surface area contributed by atoms with Crippen LogP contribution in [0.3, 0.4) is 0 Å². The predicted octanol–water partition coefficient (Wildman–Crippen LogP) is 2.08. The van der Waals surface area contributed by atoms with Gasteiger partial charge in [-0.2, -0.15) is 18.3 Å². The average molecular weight is 300 g/mol. The maximum Gasteiger partial charge on any atom is 0.416 e. The van der Waals surface area contributed by atoms with Gasteiger partial charge in [-0.3, -0.25) is 4.68 Å². The summed E-state index contributed by atoms with van der Waals surface area (Å²) in [6, 6.07) is 3.62. The second-order valence-electron chi connectivity index (χ2n) is 4.32. The van der Waals surface area contributed by atoms with Crippen molar-refractivity contribution in [3.05, 3.63) is 36.2 Å². The van der Waals surface area contributed by atoms with Crippen LogP contribution in [0, 0.1) is 0 Å². The lowest BCUT2D eigenvalue weighted by Crippen LogP contribution is -2.14. The van der Waals surface area contributed by atoms with Crippen molar-refractivity contribution < 1.29 is 13.2 Å². The Hall–Kier alpha value is -2.29. The Labute approximate surface area is 119 Å². The third kappa shape index (κ3) is 4.35. The van der Waals surface area contributed by atoms with Crippen LogP contribution in [-0.4, -0.2) is 21.3 Å². The number of anilines is 2. The van der Waals surface area contributed by atoms with E-state index < -0.39 is 11.7 Å². The molecule has 21 heavy (non-hydrogen) atoms. The molecule has 0 saturated heterocycles. The molecule has 0 radical (unpaired) electrons. The Morgan fingerprint density at radius 1 is 1.24 bits per heavy atom. The summed E-state index contributed by atoms with van der Waals surface area (Å²) in [7, 11) is 0. The number of hydrogen-bond donors (Lipinski definition) is 3. The molecule has 4 N–H and O–H groups in total. The molecule has 0 bridgehead atoms. The van der Waals surface area contributed by atoms with E-state index in [0.717, 1.165) is 12.1 Å². The minimum atomic E-state index is -4.44. The zero-order valence-corrected chi connectivity index (χ0v) is 11.1. The number of nitrogens with two attached hydrogens (primary N) is 1. The van der Waals surface area contributed by atoms with Crippen LogP contribution >= 0.6 is 0 Å². The van der Waals surface area contributed by atoms with Crippen LogP contribution < -0.4 is 16.6 Å². The Morgan fingerprint density at radius 3 is 2.62 bits per heavy atom. The van der Waals surface area contributed by atoms with E-state index >= 15 is 0 Å². The number of rotatable bonds is 6. The molecule has 2 aromatic rings. The quantitative estimate of drug-likeness (QED) is 0.432. The average Bonchev–Trinajstić information content (AvgIpc) is 2.95. The summed E-state index contributed by atoms with van der Waals surface area (Å²) < 4.78 is 39.9. The second kappa shape index (κ2) is 6.44. The summed E-state index contributed by atoms with van der Waals surface area (Å²) in [5.41, 5.74) is 1.32. The van der Waals surface area contributed by atoms with Crippen LogP contribution in [0.15, 0.2) is 30.6 Å². The standard InChI is InChI=1S/C12H15F3N6/c13-12(14,15)9-7-10(19-11(8-9)20-16)17-3-1-5-21-6-2-4-18-21/h2,4,6-8H,1,3,5,16H2,(H2,17,19,20). The van der Waals surface area contributed by atoms with Crippen molar-refractivity contribution in [3.63, 3.8) is 0 Å². The molecule has 6 nitrogen and oxygen atoms in total. The van der Waals surface area contributed by atoms with Gasteiger partial charge in [0.05, 0.1) is 5.56 Å². The van der Waals surface area contributed by atoms with E-state index in [0.29, 0.717) is 19.5 Å². The first-order valence-electron chi connectivity index (χ1n) is 6.26. The Kier molecular flexibility index (Phi) is 4.63. The van der Waals surface area contributed by atoms with E-state index in [1.807, 2.05) is 6.20 Å². The maximum absolute atomic E-state index is 12.7. The molecular weight excluding hydrogens is 285 g/mol. The minimum absolute atomic E-state index is 0.0422. The van der Waals surface area contributed by atoms with Gasteiger partial charge in [0.2, 0.25) is 0 Å². The Bertz CT molecular complexity index is 567. The highest BCUT2D eigenvalue weighted by atomic mass is 19.4. The van der Waals surface area contributed by atoms with Gasteiger partial charge in [-0.05, 0) is 24.6 Å². The highest BCUT2D eigenvalue weighted by molar-refractivity contribution is 5.49. The van der Waals surface area contributed by atoms with Crippen LogP contribution in [-0.2, 0) is 12.7 Å². The van der Waals surface area contributed by atoms with E-state index in [-0.39, 0.29) is 11.6 Å². The van der Waals surface area contributed by atoms with Crippen LogP contribution in [0.4, 0.5) is 24.8 Å². The molecule has 0 aliphatic heterocycles. The normalized spacial score (nSPS) is 11.4. The zero-order valence-electron chi connectivity index (χ0n) is 11.1. The van der Waals surface area contributed by atoms with Crippen LogP contribution in [0.1, 0.15) is 12.0 Å². The summed E-state index contributed by atoms with van der Waals surface area (Å²) in [4.78, 5) is 3.93. The van der Waals surface area contributed by atoms with Crippen LogP contribution in [0.25, 0.3) is 0 Å². The molecule has 2 aromatic heterocycles. The number of nitrogens with one attached hydrogen (secondary N) is 2. The first-order chi connectivity index (χ1) is 9.99. The summed E-state index contributed by atoms with van der Waals surface area (Å²) >= 11 is 0. The molecule has 2 heterocycles. The predicted molar refractivity (Wildman–Crippen MR) is 72.4 cm³/mol. The van der Waals surface area contributed by atoms with Gasteiger partial charge in [-0.1, -0.05) is 0 Å². The molecule has 0 saturated carbocycles. The van der Waals surface area contributed by atoms with Gasteiger partial charge >= 0.3 is 6.18 Å². The number of nitrogens with zero attached hydrogens (tertiary/aromatic N) is 3. The maximum atomic E-state index is 12.7. The van der Waals surface area contributed by atoms with Gasteiger partial charge < -0.3 is 10.7 Å². The number of alkyl halides is 3. The molecule has 0 atom stereocenters. The molecular formula is C12H15F3N6. The molecule has 0 aliphatic rings. The highest BCUT2D eigenvalue weighted by Gasteiger charge is 2.31. The van der Waals surface area contributed by atoms with Crippen molar-refractivity contribution in [1.29, 1.82) is 0 Å². The Morgan fingerprint density at radius 2 is 2.00 bits per heavy atom. The lowest BCUT2D eigenvalue weighted by atomic mass is 10.2. The fourth-order valence-corrected chi connectivity index (χ4v) is 1.75. The van der Waals surface area contributed by atoms with E-state index in [2.05, 4.69) is 20.8 Å². The van der Waals surface area contributed by atoms with Crippen molar-refractivity contribution in [2.24, 2.45) is 5.84 Å². The number of aryl methyl sites for hydroxylation is 1. The van der Waals surface area contributed by atoms with Crippen molar-refractivity contribution in [2.45, 2.75) is 19.1 Å². The smallest absolute Gasteiger partial charge is 0.370 e. The fourth-order valence-electron chi connectivity index (χ4n) is 1.75. The van der Waals surface area contributed by atoms with Crippen molar-refractivity contribution in [1.82, 2.24) is 14.8 Å². The number of halogens is 3. The minimum Gasteiger partial charge on any atom is -0.370 e. The molecule has 0 fully saturated rings. The monoisotopic (exact) mass is 300 g/mol. The summed E-state index contributed by atoms with van der Waals surface area (Å²) in [6.07, 6.45) is -0.259. The van der Waals surface area contributed by atoms with E-state index in [4.69, 9.17) is 5.84 Å². The van der Waals surface area contributed by atoms with Crippen molar-refractivity contribution >= 4 is 11.6 Å². The van der Waals surface area contributed by atoms with Gasteiger partial charge in [-0.15, -0.1) is 0 Å². The van der Waals surface area contributed by atoms with Gasteiger partial charge in [0.1, 0.15) is 11.6 Å². The highest BCUT2D eigenvalue weighted by Crippen LogP contribution is 2.31.